The van der Waals surface area contributed by atoms with Gasteiger partial charge in [0.2, 0.25) is 0 Å². The molecule has 6 heteroatoms. The summed E-state index contributed by atoms with van der Waals surface area (Å²) in [4.78, 5) is 16.2. The van der Waals surface area contributed by atoms with Crippen molar-refractivity contribution < 1.29 is 4.79 Å². The molecule has 1 heterocycles. The Bertz CT molecular complexity index is 621. The maximum atomic E-state index is 12.2. The molecule has 0 fully saturated rings. The lowest BCUT2D eigenvalue weighted by molar-refractivity contribution is 0.102. The van der Waals surface area contributed by atoms with Gasteiger partial charge >= 0.3 is 0 Å². The first-order chi connectivity index (χ1) is 8.99. The van der Waals surface area contributed by atoms with Gasteiger partial charge in [-0.3, -0.25) is 4.79 Å². The Morgan fingerprint density at radius 1 is 1.21 bits per heavy atom. The number of anilines is 1. The number of aryl methyl sites for hydroxylation is 1. The SMILES string of the molecule is Cc1cc(Br)c(NC(=O)c2cccnc2Br)c(Br)c1. The molecule has 0 saturated carbocycles. The number of nitrogens with zero attached hydrogens (tertiary/aromatic N) is 1. The van der Waals surface area contributed by atoms with Gasteiger partial charge in [0.25, 0.3) is 5.91 Å². The van der Waals surface area contributed by atoms with Gasteiger partial charge in [-0.15, -0.1) is 0 Å². The third kappa shape index (κ3) is 3.43. The van der Waals surface area contributed by atoms with Crippen molar-refractivity contribution in [3.05, 3.63) is 55.1 Å². The zero-order valence-corrected chi connectivity index (χ0v) is 14.6. The molecule has 2 aromatic rings. The quantitative estimate of drug-likeness (QED) is 0.662. The zero-order valence-electron chi connectivity index (χ0n) is 9.88. The van der Waals surface area contributed by atoms with Crippen LogP contribution in [0.15, 0.2) is 44.0 Å². The van der Waals surface area contributed by atoms with Crippen molar-refractivity contribution in [2.75, 3.05) is 5.32 Å². The van der Waals surface area contributed by atoms with E-state index in [1.54, 1.807) is 18.3 Å². The van der Waals surface area contributed by atoms with Crippen molar-refractivity contribution in [3.8, 4) is 0 Å². The molecule has 3 nitrogen and oxygen atoms in total. The molecule has 0 saturated heterocycles. The lowest BCUT2D eigenvalue weighted by atomic mass is 10.2. The van der Waals surface area contributed by atoms with Gasteiger partial charge in [-0.1, -0.05) is 0 Å². The van der Waals surface area contributed by atoms with Crippen LogP contribution >= 0.6 is 47.8 Å². The Hall–Kier alpha value is -0.720. The number of hydrogen-bond donors (Lipinski definition) is 1. The molecule has 1 aromatic heterocycles. The number of rotatable bonds is 2. The summed E-state index contributed by atoms with van der Waals surface area (Å²) in [5, 5.41) is 2.86. The summed E-state index contributed by atoms with van der Waals surface area (Å²) in [5.41, 5.74) is 2.28. The van der Waals surface area contributed by atoms with Crippen LogP contribution in [0.4, 0.5) is 5.69 Å². The summed E-state index contributed by atoms with van der Waals surface area (Å²) in [6, 6.07) is 7.32. The second-order valence-electron chi connectivity index (χ2n) is 3.90. The molecule has 0 aliphatic rings. The van der Waals surface area contributed by atoms with Crippen LogP contribution in [-0.4, -0.2) is 10.9 Å². The Morgan fingerprint density at radius 2 is 1.84 bits per heavy atom. The molecule has 0 atom stereocenters. The van der Waals surface area contributed by atoms with E-state index in [9.17, 15) is 4.79 Å². The van der Waals surface area contributed by atoms with Gasteiger partial charge in [0.1, 0.15) is 4.60 Å². The lowest BCUT2D eigenvalue weighted by Gasteiger charge is -2.11. The topological polar surface area (TPSA) is 42.0 Å². The average molecular weight is 449 g/mol. The molecule has 0 bridgehead atoms. The van der Waals surface area contributed by atoms with Gasteiger partial charge in [-0.05, 0) is 84.5 Å². The Morgan fingerprint density at radius 3 is 2.42 bits per heavy atom. The molecule has 1 aromatic carbocycles. The summed E-state index contributed by atoms with van der Waals surface area (Å²) in [5.74, 6) is -0.217. The van der Waals surface area contributed by atoms with Crippen LogP contribution in [0.1, 0.15) is 15.9 Å². The second-order valence-corrected chi connectivity index (χ2v) is 6.36. The monoisotopic (exact) mass is 446 g/mol. The number of pyridine rings is 1. The Balaban J connectivity index is 2.32. The molecule has 1 N–H and O–H groups in total. The molecule has 0 spiro atoms. The highest BCUT2D eigenvalue weighted by Crippen LogP contribution is 2.32. The van der Waals surface area contributed by atoms with E-state index < -0.39 is 0 Å². The van der Waals surface area contributed by atoms with E-state index in [2.05, 4.69) is 58.1 Å². The van der Waals surface area contributed by atoms with Crippen molar-refractivity contribution in [1.82, 2.24) is 4.98 Å². The van der Waals surface area contributed by atoms with E-state index in [0.29, 0.717) is 15.9 Å². The average Bonchev–Trinajstić information content (AvgIpc) is 2.34. The fourth-order valence-electron chi connectivity index (χ4n) is 1.56. The van der Waals surface area contributed by atoms with E-state index >= 15 is 0 Å². The molecule has 2 rings (SSSR count). The third-order valence-corrected chi connectivity index (χ3v) is 4.31. The summed E-state index contributed by atoms with van der Waals surface area (Å²) < 4.78 is 2.17. The second kappa shape index (κ2) is 6.15. The molecular formula is C13H9Br3N2O. The van der Waals surface area contributed by atoms with Crippen molar-refractivity contribution in [2.24, 2.45) is 0 Å². The highest BCUT2D eigenvalue weighted by atomic mass is 79.9. The van der Waals surface area contributed by atoms with Gasteiger partial charge in [0.05, 0.1) is 11.3 Å². The Kier molecular flexibility index (Phi) is 4.76. The minimum Gasteiger partial charge on any atom is -0.320 e. The fourth-order valence-corrected chi connectivity index (χ4v) is 3.60. The van der Waals surface area contributed by atoms with Crippen LogP contribution in [0.2, 0.25) is 0 Å². The molecule has 1 amide bonds. The minimum atomic E-state index is -0.217. The van der Waals surface area contributed by atoms with E-state index in [1.807, 2.05) is 19.1 Å². The molecule has 0 unspecified atom stereocenters. The normalized spacial score (nSPS) is 10.3. The maximum Gasteiger partial charge on any atom is 0.258 e. The standard InChI is InChI=1S/C13H9Br3N2O/c1-7-5-9(14)11(10(15)6-7)18-13(19)8-3-2-4-17-12(8)16/h2-6H,1H3,(H,18,19). The maximum absolute atomic E-state index is 12.2. The highest BCUT2D eigenvalue weighted by molar-refractivity contribution is 9.11. The van der Waals surface area contributed by atoms with Crippen molar-refractivity contribution in [3.63, 3.8) is 0 Å². The van der Waals surface area contributed by atoms with E-state index in [-0.39, 0.29) is 5.91 Å². The molecule has 0 aliphatic carbocycles. The predicted octanol–water partition coefficient (Wildman–Crippen LogP) is 4.93. The smallest absolute Gasteiger partial charge is 0.258 e. The number of nitrogens with one attached hydrogen (secondary N) is 1. The number of carbonyl (C=O) groups is 1. The van der Waals surface area contributed by atoms with Gasteiger partial charge in [-0.2, -0.15) is 0 Å². The van der Waals surface area contributed by atoms with Gasteiger partial charge in [-0.25, -0.2) is 4.98 Å². The highest BCUT2D eigenvalue weighted by Gasteiger charge is 2.14. The first-order valence-electron chi connectivity index (χ1n) is 5.36. The predicted molar refractivity (Wildman–Crippen MR) is 86.5 cm³/mol. The number of amides is 1. The first kappa shape index (κ1) is 14.7. The number of benzene rings is 1. The number of halogens is 3. The van der Waals surface area contributed by atoms with Crippen LogP contribution < -0.4 is 5.32 Å². The Labute approximate surface area is 136 Å². The first-order valence-corrected chi connectivity index (χ1v) is 7.74. The van der Waals surface area contributed by atoms with Crippen LogP contribution in [0.3, 0.4) is 0 Å². The minimum absolute atomic E-state index is 0.217. The van der Waals surface area contributed by atoms with Gasteiger partial charge in [0, 0.05) is 15.1 Å². The number of carbonyl (C=O) groups excluding carboxylic acids is 1. The van der Waals surface area contributed by atoms with Crippen molar-refractivity contribution >= 4 is 59.4 Å². The van der Waals surface area contributed by atoms with Crippen molar-refractivity contribution in [2.45, 2.75) is 6.92 Å². The summed E-state index contributed by atoms with van der Waals surface area (Å²) >= 11 is 10.2. The fraction of sp³-hybridized carbons (Fsp3) is 0.0769. The summed E-state index contributed by atoms with van der Waals surface area (Å²) in [6.07, 6.45) is 1.62. The number of hydrogen-bond acceptors (Lipinski definition) is 2. The van der Waals surface area contributed by atoms with E-state index in [4.69, 9.17) is 0 Å². The van der Waals surface area contributed by atoms with E-state index in [1.165, 1.54) is 0 Å². The van der Waals surface area contributed by atoms with Crippen molar-refractivity contribution in [1.29, 1.82) is 0 Å². The molecule has 19 heavy (non-hydrogen) atoms. The van der Waals surface area contributed by atoms with Crippen LogP contribution in [0.25, 0.3) is 0 Å². The summed E-state index contributed by atoms with van der Waals surface area (Å²) in [7, 11) is 0. The molecular weight excluding hydrogens is 440 g/mol. The number of aromatic nitrogens is 1. The lowest BCUT2D eigenvalue weighted by Crippen LogP contribution is -2.14. The van der Waals surface area contributed by atoms with Gasteiger partial charge < -0.3 is 5.32 Å². The summed E-state index contributed by atoms with van der Waals surface area (Å²) in [6.45, 7) is 1.98. The molecule has 98 valence electrons. The van der Waals surface area contributed by atoms with Gasteiger partial charge in [0.15, 0.2) is 0 Å². The molecule has 0 radical (unpaired) electrons. The third-order valence-electron chi connectivity index (χ3n) is 2.43. The van der Waals surface area contributed by atoms with Crippen LogP contribution in [0, 0.1) is 6.92 Å². The largest absolute Gasteiger partial charge is 0.320 e. The molecule has 0 aliphatic heterocycles. The van der Waals surface area contributed by atoms with Crippen LogP contribution in [-0.2, 0) is 0 Å². The van der Waals surface area contributed by atoms with Crippen LogP contribution in [0.5, 0.6) is 0 Å². The van der Waals surface area contributed by atoms with E-state index in [0.717, 1.165) is 14.5 Å². The zero-order chi connectivity index (χ0) is 14.0.